The predicted octanol–water partition coefficient (Wildman–Crippen LogP) is 0.202. The number of nitrogens with zero attached hydrogens (tertiary/aromatic N) is 1. The lowest BCUT2D eigenvalue weighted by Gasteiger charge is -2.24. The van der Waals surface area contributed by atoms with E-state index in [4.69, 9.17) is 5.73 Å². The number of hydrogen-bond donors (Lipinski definition) is 1. The Morgan fingerprint density at radius 3 is 2.30 bits per heavy atom. The molecule has 0 radical (unpaired) electrons. The molecule has 0 aliphatic carbocycles. The maximum Gasteiger partial charge on any atom is 0.209 e. The van der Waals surface area contributed by atoms with E-state index in [0.29, 0.717) is 6.54 Å². The maximum absolute atomic E-state index is 10.4. The molecule has 2 N–H and O–H groups in total. The van der Waals surface area contributed by atoms with Crippen molar-refractivity contribution >= 4 is 6.41 Å². The molecule has 1 amide bonds. The minimum atomic E-state index is 0.225. The van der Waals surface area contributed by atoms with Crippen LogP contribution in [0, 0.1) is 0 Å². The number of rotatable bonds is 5. The highest BCUT2D eigenvalue weighted by molar-refractivity contribution is 5.47. The minimum Gasteiger partial charge on any atom is -0.341 e. The second-order valence-electron chi connectivity index (χ2n) is 2.23. The van der Waals surface area contributed by atoms with Crippen LogP contribution in [0.3, 0.4) is 0 Å². The lowest BCUT2D eigenvalue weighted by atomic mass is 10.2. The average Bonchev–Trinajstić information content (AvgIpc) is 2.00. The first-order valence-electron chi connectivity index (χ1n) is 3.71. The fourth-order valence-corrected chi connectivity index (χ4v) is 0.955. The third-order valence-electron chi connectivity index (χ3n) is 1.71. The van der Waals surface area contributed by atoms with E-state index in [2.05, 4.69) is 0 Å². The van der Waals surface area contributed by atoms with E-state index in [1.54, 1.807) is 4.90 Å². The molecule has 3 heteroatoms. The van der Waals surface area contributed by atoms with Crippen molar-refractivity contribution < 1.29 is 4.79 Å². The zero-order valence-electron chi connectivity index (χ0n) is 6.71. The van der Waals surface area contributed by atoms with Crippen LogP contribution in [0.2, 0.25) is 0 Å². The van der Waals surface area contributed by atoms with Gasteiger partial charge in [-0.3, -0.25) is 4.79 Å². The number of nitrogens with two attached hydrogens (primary N) is 1. The summed E-state index contributed by atoms with van der Waals surface area (Å²) < 4.78 is 0. The van der Waals surface area contributed by atoms with Gasteiger partial charge in [0.05, 0.1) is 0 Å². The molecule has 0 heterocycles. The van der Waals surface area contributed by atoms with E-state index in [0.717, 1.165) is 19.4 Å². The molecule has 0 rings (SSSR count). The van der Waals surface area contributed by atoms with Crippen molar-refractivity contribution in [1.82, 2.24) is 4.90 Å². The normalized spacial score (nSPS) is 12.7. The van der Waals surface area contributed by atoms with Crippen LogP contribution < -0.4 is 5.73 Å². The van der Waals surface area contributed by atoms with Crippen molar-refractivity contribution in [3.05, 3.63) is 0 Å². The van der Waals surface area contributed by atoms with E-state index < -0.39 is 0 Å². The predicted molar refractivity (Wildman–Crippen MR) is 41.6 cm³/mol. The Balaban J connectivity index is 3.81. The number of likely N-dealkylation sites (N-methyl/N-ethyl adjacent to an activating group) is 1. The summed E-state index contributed by atoms with van der Waals surface area (Å²) >= 11 is 0. The second kappa shape index (κ2) is 5.23. The Bertz CT molecular complexity index is 91.6. The quantitative estimate of drug-likeness (QED) is 0.560. The first-order valence-corrected chi connectivity index (χ1v) is 3.71. The zero-order chi connectivity index (χ0) is 7.98. The molecule has 3 nitrogen and oxygen atoms in total. The molecule has 0 bridgehead atoms. The highest BCUT2D eigenvalue weighted by atomic mass is 16.1. The van der Waals surface area contributed by atoms with Crippen molar-refractivity contribution in [2.45, 2.75) is 26.3 Å². The number of carbonyl (C=O) groups is 1. The molecule has 0 aromatic heterocycles. The first-order chi connectivity index (χ1) is 4.79. The summed E-state index contributed by atoms with van der Waals surface area (Å²) in [5.74, 6) is 0. The van der Waals surface area contributed by atoms with Crippen LogP contribution >= 0.6 is 0 Å². The van der Waals surface area contributed by atoms with Gasteiger partial charge in [0.1, 0.15) is 0 Å². The maximum atomic E-state index is 10.4. The fraction of sp³-hybridized carbons (Fsp3) is 0.857. The fourth-order valence-electron chi connectivity index (χ4n) is 0.955. The summed E-state index contributed by atoms with van der Waals surface area (Å²) in [5.41, 5.74) is 5.43. The van der Waals surface area contributed by atoms with E-state index in [-0.39, 0.29) is 6.04 Å². The van der Waals surface area contributed by atoms with Crippen LogP contribution in [0.5, 0.6) is 0 Å². The summed E-state index contributed by atoms with van der Waals surface area (Å²) in [6.45, 7) is 5.29. The SMILES string of the molecule is CCC(CN)N(C=O)CC. The average molecular weight is 144 g/mol. The van der Waals surface area contributed by atoms with Gasteiger partial charge in [-0.2, -0.15) is 0 Å². The van der Waals surface area contributed by atoms with Gasteiger partial charge in [0.2, 0.25) is 6.41 Å². The number of carbonyl (C=O) groups excluding carboxylic acids is 1. The monoisotopic (exact) mass is 144 g/mol. The Hall–Kier alpha value is -0.570. The molecule has 60 valence electrons. The van der Waals surface area contributed by atoms with Crippen molar-refractivity contribution in [3.8, 4) is 0 Å². The lowest BCUT2D eigenvalue weighted by Crippen LogP contribution is -2.38. The highest BCUT2D eigenvalue weighted by Crippen LogP contribution is 1.97. The number of amides is 1. The van der Waals surface area contributed by atoms with Gasteiger partial charge in [0, 0.05) is 19.1 Å². The summed E-state index contributed by atoms with van der Waals surface area (Å²) in [6.07, 6.45) is 1.80. The van der Waals surface area contributed by atoms with Crippen LogP contribution in [0.1, 0.15) is 20.3 Å². The van der Waals surface area contributed by atoms with Crippen LogP contribution in [0.15, 0.2) is 0 Å². The Kier molecular flexibility index (Phi) is 4.94. The first kappa shape index (κ1) is 9.43. The largest absolute Gasteiger partial charge is 0.341 e. The van der Waals surface area contributed by atoms with E-state index in [9.17, 15) is 4.79 Å². The van der Waals surface area contributed by atoms with Crippen molar-refractivity contribution in [2.75, 3.05) is 13.1 Å². The summed E-state index contributed by atoms with van der Waals surface area (Å²) in [6, 6.07) is 0.225. The second-order valence-corrected chi connectivity index (χ2v) is 2.23. The highest BCUT2D eigenvalue weighted by Gasteiger charge is 2.09. The van der Waals surface area contributed by atoms with Gasteiger partial charge in [-0.05, 0) is 13.3 Å². The van der Waals surface area contributed by atoms with Gasteiger partial charge in [-0.1, -0.05) is 6.92 Å². The Morgan fingerprint density at radius 2 is 2.20 bits per heavy atom. The van der Waals surface area contributed by atoms with Gasteiger partial charge in [-0.25, -0.2) is 0 Å². The summed E-state index contributed by atoms with van der Waals surface area (Å²) in [5, 5.41) is 0. The standard InChI is InChI=1S/C7H16N2O/c1-3-7(5-8)9(4-2)6-10/h6-7H,3-5,8H2,1-2H3. The summed E-state index contributed by atoms with van der Waals surface area (Å²) in [4.78, 5) is 12.1. The molecule has 0 saturated heterocycles. The Labute approximate surface area is 62.2 Å². The molecule has 0 fully saturated rings. The molecule has 0 aromatic carbocycles. The zero-order valence-corrected chi connectivity index (χ0v) is 6.71. The van der Waals surface area contributed by atoms with Crippen LogP contribution in [-0.2, 0) is 4.79 Å². The lowest BCUT2D eigenvalue weighted by molar-refractivity contribution is -0.119. The topological polar surface area (TPSA) is 46.3 Å². The molecule has 0 spiro atoms. The van der Waals surface area contributed by atoms with Gasteiger partial charge in [0.15, 0.2) is 0 Å². The van der Waals surface area contributed by atoms with Gasteiger partial charge in [-0.15, -0.1) is 0 Å². The third-order valence-corrected chi connectivity index (χ3v) is 1.71. The van der Waals surface area contributed by atoms with Crippen molar-refractivity contribution in [1.29, 1.82) is 0 Å². The molecular formula is C7H16N2O. The van der Waals surface area contributed by atoms with E-state index in [1.807, 2.05) is 13.8 Å². The van der Waals surface area contributed by atoms with Gasteiger partial charge in [0.25, 0.3) is 0 Å². The molecule has 1 unspecified atom stereocenters. The molecule has 0 aliphatic heterocycles. The van der Waals surface area contributed by atoms with Crippen LogP contribution in [-0.4, -0.2) is 30.4 Å². The molecule has 0 aromatic rings. The molecule has 10 heavy (non-hydrogen) atoms. The van der Waals surface area contributed by atoms with Crippen LogP contribution in [0.4, 0.5) is 0 Å². The van der Waals surface area contributed by atoms with E-state index >= 15 is 0 Å². The summed E-state index contributed by atoms with van der Waals surface area (Å²) in [7, 11) is 0. The van der Waals surface area contributed by atoms with Crippen molar-refractivity contribution in [3.63, 3.8) is 0 Å². The van der Waals surface area contributed by atoms with Gasteiger partial charge >= 0.3 is 0 Å². The Morgan fingerprint density at radius 1 is 1.60 bits per heavy atom. The van der Waals surface area contributed by atoms with Crippen LogP contribution in [0.25, 0.3) is 0 Å². The van der Waals surface area contributed by atoms with Crippen molar-refractivity contribution in [2.24, 2.45) is 5.73 Å². The molecule has 0 aliphatic rings. The molecule has 1 atom stereocenters. The number of hydrogen-bond acceptors (Lipinski definition) is 2. The molecular weight excluding hydrogens is 128 g/mol. The minimum absolute atomic E-state index is 0.225. The molecule has 0 saturated carbocycles. The van der Waals surface area contributed by atoms with Gasteiger partial charge < -0.3 is 10.6 Å². The third kappa shape index (κ3) is 2.35. The van der Waals surface area contributed by atoms with E-state index in [1.165, 1.54) is 0 Å². The smallest absolute Gasteiger partial charge is 0.209 e.